The first-order valence-corrected chi connectivity index (χ1v) is 7.02. The van der Waals surface area contributed by atoms with E-state index in [1.165, 1.54) is 6.92 Å². The number of carbonyl (C=O) groups is 2. The van der Waals surface area contributed by atoms with Gasteiger partial charge in [-0.15, -0.1) is 0 Å². The fourth-order valence-corrected chi connectivity index (χ4v) is 2.58. The Kier molecular flexibility index (Phi) is 3.93. The number of hydrogen-bond donors (Lipinski definition) is 1. The molecule has 0 aliphatic heterocycles. The Bertz CT molecular complexity index is 505. The third kappa shape index (κ3) is 3.24. The second kappa shape index (κ2) is 5.35. The van der Waals surface area contributed by atoms with Crippen molar-refractivity contribution >= 4 is 11.7 Å². The van der Waals surface area contributed by atoms with Crippen LogP contribution in [0.1, 0.15) is 45.7 Å². The van der Waals surface area contributed by atoms with Crippen LogP contribution in [0.2, 0.25) is 0 Å². The quantitative estimate of drug-likeness (QED) is 0.916. The van der Waals surface area contributed by atoms with Crippen molar-refractivity contribution in [1.29, 1.82) is 0 Å². The Balaban J connectivity index is 1.99. The summed E-state index contributed by atoms with van der Waals surface area (Å²) in [6.07, 6.45) is 2.56. The predicted molar refractivity (Wildman–Crippen MR) is 77.2 cm³/mol. The second-order valence-corrected chi connectivity index (χ2v) is 6.62. The average Bonchev–Trinajstić information content (AvgIpc) is 3.15. The predicted octanol–water partition coefficient (Wildman–Crippen LogP) is 2.31. The Hall–Kier alpha value is -1.71. The number of nitrogens with zero attached hydrogens (tertiary/aromatic N) is 1. The summed E-state index contributed by atoms with van der Waals surface area (Å²) in [6, 6.07) is 5.32. The van der Waals surface area contributed by atoms with Crippen LogP contribution in [0.25, 0.3) is 0 Å². The van der Waals surface area contributed by atoms with Crippen molar-refractivity contribution < 1.29 is 9.59 Å². The molecule has 1 unspecified atom stereocenters. The number of aromatic nitrogens is 1. The maximum absolute atomic E-state index is 12.3. The van der Waals surface area contributed by atoms with Crippen molar-refractivity contribution in [2.24, 2.45) is 11.3 Å². The molecule has 1 aromatic heterocycles. The largest absolute Gasteiger partial charge is 0.346 e. The van der Waals surface area contributed by atoms with Gasteiger partial charge >= 0.3 is 0 Å². The van der Waals surface area contributed by atoms with Gasteiger partial charge in [0.25, 0.3) is 0 Å². The summed E-state index contributed by atoms with van der Waals surface area (Å²) in [5.41, 5.74) is 0.694. The molecule has 20 heavy (non-hydrogen) atoms. The number of pyridine rings is 1. The van der Waals surface area contributed by atoms with E-state index in [1.54, 1.807) is 6.20 Å². The molecule has 1 aliphatic carbocycles. The van der Waals surface area contributed by atoms with Gasteiger partial charge in [0.05, 0.1) is 6.04 Å². The van der Waals surface area contributed by atoms with Gasteiger partial charge < -0.3 is 5.32 Å². The average molecular weight is 274 g/mol. The molecule has 0 spiro atoms. The molecule has 1 heterocycles. The molecule has 0 bridgehead atoms. The van der Waals surface area contributed by atoms with E-state index in [0.29, 0.717) is 0 Å². The number of Topliss-reactive ketones (excluding diaryl/α,β-unsaturated/α-hetero) is 1. The smallest absolute Gasteiger partial charge is 0.224 e. The van der Waals surface area contributed by atoms with Crippen molar-refractivity contribution in [3.8, 4) is 0 Å². The number of nitrogens with one attached hydrogen (secondary N) is 1. The Morgan fingerprint density at radius 1 is 1.35 bits per heavy atom. The molecular weight excluding hydrogens is 252 g/mol. The summed E-state index contributed by atoms with van der Waals surface area (Å²) >= 11 is 0. The molecular formula is C16H22N2O2. The molecule has 1 amide bonds. The fraction of sp³-hybridized carbons (Fsp3) is 0.562. The Morgan fingerprint density at radius 3 is 2.55 bits per heavy atom. The van der Waals surface area contributed by atoms with Crippen molar-refractivity contribution in [1.82, 2.24) is 10.3 Å². The van der Waals surface area contributed by atoms with Crippen LogP contribution in [0.15, 0.2) is 24.4 Å². The number of ketones is 1. The summed E-state index contributed by atoms with van der Waals surface area (Å²) < 4.78 is 0. The molecule has 4 heteroatoms. The maximum Gasteiger partial charge on any atom is 0.224 e. The van der Waals surface area contributed by atoms with Crippen LogP contribution < -0.4 is 5.32 Å². The molecule has 0 saturated heterocycles. The van der Waals surface area contributed by atoms with Crippen LogP contribution in [-0.2, 0) is 9.59 Å². The maximum atomic E-state index is 12.3. The number of amides is 1. The van der Waals surface area contributed by atoms with Crippen LogP contribution in [0, 0.1) is 11.3 Å². The van der Waals surface area contributed by atoms with E-state index in [4.69, 9.17) is 0 Å². The molecule has 1 aromatic rings. The topological polar surface area (TPSA) is 59.1 Å². The summed E-state index contributed by atoms with van der Waals surface area (Å²) in [4.78, 5) is 28.2. The van der Waals surface area contributed by atoms with E-state index in [-0.39, 0.29) is 28.9 Å². The first-order chi connectivity index (χ1) is 9.30. The van der Waals surface area contributed by atoms with E-state index in [9.17, 15) is 9.59 Å². The van der Waals surface area contributed by atoms with Gasteiger partial charge in [-0.25, -0.2) is 0 Å². The van der Waals surface area contributed by atoms with Crippen LogP contribution in [0.5, 0.6) is 0 Å². The van der Waals surface area contributed by atoms with Crippen molar-refractivity contribution in [2.45, 2.75) is 46.1 Å². The van der Waals surface area contributed by atoms with Crippen LogP contribution in [0.3, 0.4) is 0 Å². The van der Waals surface area contributed by atoms with Gasteiger partial charge in [0.1, 0.15) is 0 Å². The van der Waals surface area contributed by atoms with Crippen molar-refractivity contribution in [2.75, 3.05) is 0 Å². The first-order valence-electron chi connectivity index (χ1n) is 7.02. The van der Waals surface area contributed by atoms with Gasteiger partial charge in [-0.3, -0.25) is 14.6 Å². The molecule has 2 rings (SSSR count). The Morgan fingerprint density at radius 2 is 2.05 bits per heavy atom. The van der Waals surface area contributed by atoms with E-state index >= 15 is 0 Å². The summed E-state index contributed by atoms with van der Waals surface area (Å²) in [5, 5.41) is 2.90. The molecule has 0 aromatic carbocycles. The van der Waals surface area contributed by atoms with Gasteiger partial charge in [0.15, 0.2) is 5.78 Å². The number of carbonyl (C=O) groups excluding carboxylic acids is 2. The minimum atomic E-state index is -0.431. The molecule has 1 aliphatic rings. The standard InChI is InChI=1S/C16H22N2O2/c1-10(19)14(16(2,3)4)18-15(20)12-9-11(12)13-7-5-6-8-17-13/h5-8,11-12,14H,9H2,1-4H3,(H,18,20)/t11-,12+,14?/m1/s1. The van der Waals surface area contributed by atoms with Crippen molar-refractivity contribution in [3.63, 3.8) is 0 Å². The highest BCUT2D eigenvalue weighted by molar-refractivity contribution is 5.90. The lowest BCUT2D eigenvalue weighted by Gasteiger charge is -2.29. The first kappa shape index (κ1) is 14.7. The molecule has 4 nitrogen and oxygen atoms in total. The lowest BCUT2D eigenvalue weighted by atomic mass is 9.84. The van der Waals surface area contributed by atoms with E-state index < -0.39 is 6.04 Å². The van der Waals surface area contributed by atoms with Gasteiger partial charge in [-0.05, 0) is 30.9 Å². The van der Waals surface area contributed by atoms with E-state index in [2.05, 4.69) is 10.3 Å². The molecule has 108 valence electrons. The molecule has 3 atom stereocenters. The van der Waals surface area contributed by atoms with Crippen LogP contribution >= 0.6 is 0 Å². The Labute approximate surface area is 120 Å². The minimum absolute atomic E-state index is 0.000820. The van der Waals surface area contributed by atoms with E-state index in [1.807, 2.05) is 39.0 Å². The van der Waals surface area contributed by atoms with E-state index in [0.717, 1.165) is 12.1 Å². The number of hydrogen-bond acceptors (Lipinski definition) is 3. The zero-order valence-corrected chi connectivity index (χ0v) is 12.5. The normalized spacial score (nSPS) is 23.0. The summed E-state index contributed by atoms with van der Waals surface area (Å²) in [7, 11) is 0. The number of rotatable bonds is 4. The molecule has 1 fully saturated rings. The third-order valence-electron chi connectivity index (χ3n) is 3.75. The lowest BCUT2D eigenvalue weighted by molar-refractivity contribution is -0.130. The zero-order valence-electron chi connectivity index (χ0n) is 12.5. The van der Waals surface area contributed by atoms with Gasteiger partial charge in [-0.2, -0.15) is 0 Å². The van der Waals surface area contributed by atoms with Gasteiger partial charge in [0, 0.05) is 23.7 Å². The highest BCUT2D eigenvalue weighted by Gasteiger charge is 2.46. The van der Waals surface area contributed by atoms with Gasteiger partial charge in [-0.1, -0.05) is 26.8 Å². The van der Waals surface area contributed by atoms with Crippen molar-refractivity contribution in [3.05, 3.63) is 30.1 Å². The zero-order chi connectivity index (χ0) is 14.9. The molecule has 0 radical (unpaired) electrons. The monoisotopic (exact) mass is 274 g/mol. The third-order valence-corrected chi connectivity index (χ3v) is 3.75. The highest BCUT2D eigenvalue weighted by Crippen LogP contribution is 2.46. The minimum Gasteiger partial charge on any atom is -0.346 e. The molecule has 1 N–H and O–H groups in total. The lowest BCUT2D eigenvalue weighted by Crippen LogP contribution is -2.48. The SMILES string of the molecule is CC(=O)C(NC(=O)[C@H]1C[C@H]1c1ccccn1)C(C)(C)C. The molecule has 1 saturated carbocycles. The van der Waals surface area contributed by atoms with Crippen LogP contribution in [0.4, 0.5) is 0 Å². The van der Waals surface area contributed by atoms with Gasteiger partial charge in [0.2, 0.25) is 5.91 Å². The summed E-state index contributed by atoms with van der Waals surface area (Å²) in [6.45, 7) is 7.41. The van der Waals surface area contributed by atoms with Crippen LogP contribution in [-0.4, -0.2) is 22.7 Å². The fourth-order valence-electron chi connectivity index (χ4n) is 2.58. The second-order valence-electron chi connectivity index (χ2n) is 6.62. The highest BCUT2D eigenvalue weighted by atomic mass is 16.2. The summed E-state index contributed by atoms with van der Waals surface area (Å²) in [5.74, 6) is 0.120.